The number of carbonyl (C=O) groups is 2. The van der Waals surface area contributed by atoms with Gasteiger partial charge < -0.3 is 19.5 Å². The Morgan fingerprint density at radius 1 is 1.09 bits per heavy atom. The van der Waals surface area contributed by atoms with Crippen LogP contribution in [0.5, 0.6) is 0 Å². The van der Waals surface area contributed by atoms with Crippen molar-refractivity contribution in [3.8, 4) is 0 Å². The molecule has 0 saturated carbocycles. The van der Waals surface area contributed by atoms with Crippen LogP contribution in [0.15, 0.2) is 29.2 Å². The van der Waals surface area contributed by atoms with E-state index in [0.29, 0.717) is 37.6 Å². The number of hydrogen-bond donors (Lipinski definition) is 2. The number of aromatic nitrogens is 1. The molecule has 11 heteroatoms. The second kappa shape index (κ2) is 9.70. The highest BCUT2D eigenvalue weighted by Gasteiger charge is 2.31. The van der Waals surface area contributed by atoms with E-state index in [9.17, 15) is 22.4 Å². The SMILES string of the molecule is CCOC(=O)c1c(C)[nH]c(C)c1S(=O)(=O)NCC(=O)N1CCN(c2ccc(F)cc2)CC1. The van der Waals surface area contributed by atoms with Crippen LogP contribution in [-0.4, -0.2) is 69.5 Å². The van der Waals surface area contributed by atoms with Crippen molar-refractivity contribution in [1.29, 1.82) is 0 Å². The van der Waals surface area contributed by atoms with Crippen LogP contribution in [0.3, 0.4) is 0 Å². The minimum Gasteiger partial charge on any atom is -0.462 e. The lowest BCUT2D eigenvalue weighted by Crippen LogP contribution is -2.51. The zero-order chi connectivity index (χ0) is 23.5. The molecule has 32 heavy (non-hydrogen) atoms. The number of hydrogen-bond acceptors (Lipinski definition) is 6. The Kier molecular flexibility index (Phi) is 7.19. The largest absolute Gasteiger partial charge is 0.462 e. The fourth-order valence-electron chi connectivity index (χ4n) is 3.75. The summed E-state index contributed by atoms with van der Waals surface area (Å²) in [6, 6.07) is 6.14. The van der Waals surface area contributed by atoms with E-state index < -0.39 is 22.5 Å². The standard InChI is InChI=1S/C21H27FN4O5S/c1-4-31-21(28)19-14(2)24-15(3)20(19)32(29,30)23-13-18(27)26-11-9-25(10-12-26)17-7-5-16(22)6-8-17/h5-8,23-24H,4,9-13H2,1-3H3. The van der Waals surface area contributed by atoms with Crippen LogP contribution in [0.2, 0.25) is 0 Å². The number of halogens is 1. The number of benzene rings is 1. The second-order valence-corrected chi connectivity index (χ2v) is 9.17. The van der Waals surface area contributed by atoms with E-state index >= 15 is 0 Å². The summed E-state index contributed by atoms with van der Waals surface area (Å²) < 4.78 is 46.2. The summed E-state index contributed by atoms with van der Waals surface area (Å²) >= 11 is 0. The molecule has 2 heterocycles. The van der Waals surface area contributed by atoms with Crippen LogP contribution >= 0.6 is 0 Å². The summed E-state index contributed by atoms with van der Waals surface area (Å²) in [7, 11) is -4.13. The molecule has 1 aromatic carbocycles. The van der Waals surface area contributed by atoms with Gasteiger partial charge in [0.25, 0.3) is 0 Å². The van der Waals surface area contributed by atoms with E-state index in [1.165, 1.54) is 12.1 Å². The van der Waals surface area contributed by atoms with Gasteiger partial charge in [0.05, 0.1) is 13.2 Å². The Labute approximate surface area is 186 Å². The molecule has 1 fully saturated rings. The molecule has 1 amide bonds. The first-order valence-corrected chi connectivity index (χ1v) is 11.8. The molecule has 1 aromatic heterocycles. The number of ether oxygens (including phenoxy) is 1. The van der Waals surface area contributed by atoms with E-state index in [4.69, 9.17) is 4.74 Å². The Balaban J connectivity index is 1.63. The normalized spacial score (nSPS) is 14.5. The Morgan fingerprint density at radius 3 is 2.31 bits per heavy atom. The third-order valence-electron chi connectivity index (χ3n) is 5.30. The number of H-pyrrole nitrogens is 1. The number of amides is 1. The number of carbonyl (C=O) groups excluding carboxylic acids is 2. The fourth-order valence-corrected chi connectivity index (χ4v) is 5.17. The zero-order valence-corrected chi connectivity index (χ0v) is 19.1. The maximum absolute atomic E-state index is 13.1. The van der Waals surface area contributed by atoms with E-state index in [2.05, 4.69) is 9.71 Å². The highest BCUT2D eigenvalue weighted by atomic mass is 32.2. The molecule has 3 rings (SSSR count). The molecule has 0 spiro atoms. The maximum Gasteiger partial charge on any atom is 0.341 e. The summed E-state index contributed by atoms with van der Waals surface area (Å²) in [5, 5.41) is 0. The molecule has 1 aliphatic rings. The molecule has 1 saturated heterocycles. The van der Waals surface area contributed by atoms with Crippen molar-refractivity contribution in [2.24, 2.45) is 0 Å². The molecule has 0 bridgehead atoms. The number of aromatic amines is 1. The van der Waals surface area contributed by atoms with Crippen LogP contribution in [0.1, 0.15) is 28.7 Å². The molecule has 0 aliphatic carbocycles. The maximum atomic E-state index is 13.1. The Bertz CT molecular complexity index is 1090. The van der Waals surface area contributed by atoms with Crippen molar-refractivity contribution in [1.82, 2.24) is 14.6 Å². The first kappa shape index (κ1) is 23.7. The predicted octanol–water partition coefficient (Wildman–Crippen LogP) is 1.57. The lowest BCUT2D eigenvalue weighted by molar-refractivity contribution is -0.130. The molecule has 174 valence electrons. The van der Waals surface area contributed by atoms with Gasteiger partial charge in [-0.05, 0) is 45.0 Å². The van der Waals surface area contributed by atoms with Gasteiger partial charge in [0, 0.05) is 43.3 Å². The number of esters is 1. The number of nitrogens with zero attached hydrogens (tertiary/aromatic N) is 2. The van der Waals surface area contributed by atoms with Gasteiger partial charge in [-0.3, -0.25) is 4.79 Å². The van der Waals surface area contributed by atoms with Crippen molar-refractivity contribution < 1.29 is 27.1 Å². The highest BCUT2D eigenvalue weighted by molar-refractivity contribution is 7.89. The first-order chi connectivity index (χ1) is 15.1. The molecular weight excluding hydrogens is 439 g/mol. The minimum absolute atomic E-state index is 0.0581. The van der Waals surface area contributed by atoms with Crippen LogP contribution in [0, 0.1) is 19.7 Å². The van der Waals surface area contributed by atoms with E-state index in [-0.39, 0.29) is 28.8 Å². The fraction of sp³-hybridized carbons (Fsp3) is 0.429. The lowest BCUT2D eigenvalue weighted by atomic mass is 10.2. The molecule has 2 aromatic rings. The van der Waals surface area contributed by atoms with Gasteiger partial charge in [-0.2, -0.15) is 0 Å². The summed E-state index contributed by atoms with van der Waals surface area (Å²) in [5.41, 5.74) is 1.48. The first-order valence-electron chi connectivity index (χ1n) is 10.3. The highest BCUT2D eigenvalue weighted by Crippen LogP contribution is 2.24. The molecule has 0 atom stereocenters. The van der Waals surface area contributed by atoms with Crippen molar-refractivity contribution in [2.75, 3.05) is 44.2 Å². The number of nitrogens with one attached hydrogen (secondary N) is 2. The van der Waals surface area contributed by atoms with Crippen LogP contribution in [0.4, 0.5) is 10.1 Å². The smallest absolute Gasteiger partial charge is 0.341 e. The third-order valence-corrected chi connectivity index (χ3v) is 6.88. The van der Waals surface area contributed by atoms with Gasteiger partial charge in [-0.15, -0.1) is 0 Å². The molecule has 9 nitrogen and oxygen atoms in total. The number of piperazine rings is 1. The lowest BCUT2D eigenvalue weighted by Gasteiger charge is -2.36. The van der Waals surface area contributed by atoms with E-state index in [1.54, 1.807) is 37.8 Å². The molecule has 0 unspecified atom stereocenters. The average molecular weight is 467 g/mol. The number of rotatable bonds is 7. The quantitative estimate of drug-likeness (QED) is 0.600. The van der Waals surface area contributed by atoms with Gasteiger partial charge in [-0.1, -0.05) is 0 Å². The summed E-state index contributed by atoms with van der Waals surface area (Å²) in [5.74, 6) is -1.42. The molecule has 0 radical (unpaired) electrons. The van der Waals surface area contributed by atoms with Crippen molar-refractivity contribution in [2.45, 2.75) is 25.7 Å². The van der Waals surface area contributed by atoms with Crippen molar-refractivity contribution in [3.05, 3.63) is 47.0 Å². The van der Waals surface area contributed by atoms with E-state index in [0.717, 1.165) is 5.69 Å². The van der Waals surface area contributed by atoms with Crippen LogP contribution < -0.4 is 9.62 Å². The second-order valence-electron chi connectivity index (χ2n) is 7.47. The summed E-state index contributed by atoms with van der Waals surface area (Å²) in [4.78, 5) is 31.1. The monoisotopic (exact) mass is 466 g/mol. The molecule has 2 N–H and O–H groups in total. The average Bonchev–Trinajstić information content (AvgIpc) is 3.07. The van der Waals surface area contributed by atoms with Gasteiger partial charge in [0.1, 0.15) is 16.3 Å². The topological polar surface area (TPSA) is 112 Å². The zero-order valence-electron chi connectivity index (χ0n) is 18.3. The van der Waals surface area contributed by atoms with Gasteiger partial charge in [0.15, 0.2) is 0 Å². The van der Waals surface area contributed by atoms with E-state index in [1.807, 2.05) is 4.90 Å². The third kappa shape index (κ3) is 5.10. The molecular formula is C21H27FN4O5S. The van der Waals surface area contributed by atoms with Crippen LogP contribution in [0.25, 0.3) is 0 Å². The predicted molar refractivity (Wildman–Crippen MR) is 117 cm³/mol. The number of sulfonamides is 1. The Hall–Kier alpha value is -2.92. The molecule has 1 aliphatic heterocycles. The Morgan fingerprint density at radius 2 is 1.72 bits per heavy atom. The summed E-state index contributed by atoms with van der Waals surface area (Å²) in [6.07, 6.45) is 0. The number of anilines is 1. The minimum atomic E-state index is -4.13. The van der Waals surface area contributed by atoms with Gasteiger partial charge >= 0.3 is 5.97 Å². The van der Waals surface area contributed by atoms with Gasteiger partial charge in [-0.25, -0.2) is 22.3 Å². The van der Waals surface area contributed by atoms with Gasteiger partial charge in [0.2, 0.25) is 15.9 Å². The van der Waals surface area contributed by atoms with Crippen LogP contribution in [-0.2, 0) is 19.6 Å². The van der Waals surface area contributed by atoms with Crippen molar-refractivity contribution in [3.63, 3.8) is 0 Å². The summed E-state index contributed by atoms with van der Waals surface area (Å²) in [6.45, 7) is 6.37. The van der Waals surface area contributed by atoms with Crippen molar-refractivity contribution >= 4 is 27.6 Å². The number of aryl methyl sites for hydroxylation is 2.